The Morgan fingerprint density at radius 1 is 1.43 bits per heavy atom. The molecule has 1 amide bonds. The molecule has 3 heterocycles. The normalized spacial score (nSPS) is 18.5. The average molecular weight is 287 g/mol. The number of nitrogens with zero attached hydrogens (tertiary/aromatic N) is 4. The maximum absolute atomic E-state index is 12.1. The second-order valence-electron chi connectivity index (χ2n) is 5.14. The van der Waals surface area contributed by atoms with E-state index in [1.165, 1.54) is 0 Å². The number of nitrogens with one attached hydrogen (secondary N) is 1. The van der Waals surface area contributed by atoms with Gasteiger partial charge in [0.15, 0.2) is 0 Å². The molecule has 1 saturated heterocycles. The van der Waals surface area contributed by atoms with Crippen molar-refractivity contribution < 1.29 is 9.32 Å². The number of piperidine rings is 1. The Hall–Kier alpha value is -2.44. The van der Waals surface area contributed by atoms with Crippen LogP contribution in [0.25, 0.3) is 0 Å². The van der Waals surface area contributed by atoms with Crippen molar-refractivity contribution in [2.24, 2.45) is 0 Å². The zero-order chi connectivity index (χ0) is 14.7. The highest BCUT2D eigenvalue weighted by atomic mass is 16.5. The number of carbonyl (C=O) groups excluding carboxylic acids is 1. The molecule has 0 radical (unpaired) electrons. The zero-order valence-electron chi connectivity index (χ0n) is 11.8. The van der Waals surface area contributed by atoms with Crippen LogP contribution in [0.3, 0.4) is 0 Å². The van der Waals surface area contributed by atoms with E-state index < -0.39 is 0 Å². The first-order valence-electron chi connectivity index (χ1n) is 6.98. The average Bonchev–Trinajstić information content (AvgIpc) is 2.95. The Bertz CT molecular complexity index is 613. The lowest BCUT2D eigenvalue weighted by Crippen LogP contribution is -2.48. The van der Waals surface area contributed by atoms with Gasteiger partial charge >= 0.3 is 0 Å². The topological polar surface area (TPSA) is 84.2 Å². The lowest BCUT2D eigenvalue weighted by molar-refractivity contribution is 0.0895. The zero-order valence-corrected chi connectivity index (χ0v) is 11.8. The Labute approximate surface area is 122 Å². The van der Waals surface area contributed by atoms with Gasteiger partial charge in [-0.25, -0.2) is 9.97 Å². The number of aryl methyl sites for hydroxylation is 1. The van der Waals surface area contributed by atoms with Crippen LogP contribution in [0.2, 0.25) is 0 Å². The molecule has 0 saturated carbocycles. The smallest absolute Gasteiger partial charge is 0.290 e. The van der Waals surface area contributed by atoms with E-state index >= 15 is 0 Å². The summed E-state index contributed by atoms with van der Waals surface area (Å²) in [5.41, 5.74) is 0.697. The van der Waals surface area contributed by atoms with Crippen molar-refractivity contribution in [3.8, 4) is 0 Å². The van der Waals surface area contributed by atoms with Crippen molar-refractivity contribution in [2.75, 3.05) is 18.0 Å². The lowest BCUT2D eigenvalue weighted by Gasteiger charge is -2.32. The maximum atomic E-state index is 12.1. The van der Waals surface area contributed by atoms with Crippen LogP contribution in [-0.2, 0) is 0 Å². The minimum absolute atomic E-state index is 0.0560. The molecule has 0 aliphatic carbocycles. The Balaban J connectivity index is 1.62. The summed E-state index contributed by atoms with van der Waals surface area (Å²) < 4.78 is 4.98. The summed E-state index contributed by atoms with van der Waals surface area (Å²) in [4.78, 5) is 22.7. The highest BCUT2D eigenvalue weighted by molar-refractivity contribution is 5.91. The molecule has 1 unspecified atom stereocenters. The Kier molecular flexibility index (Phi) is 3.81. The second kappa shape index (κ2) is 5.90. The number of rotatable bonds is 3. The van der Waals surface area contributed by atoms with Crippen LogP contribution in [0.5, 0.6) is 0 Å². The predicted molar refractivity (Wildman–Crippen MR) is 76.0 cm³/mol. The monoisotopic (exact) mass is 287 g/mol. The molecule has 0 aromatic carbocycles. The quantitative estimate of drug-likeness (QED) is 0.912. The van der Waals surface area contributed by atoms with Gasteiger partial charge in [-0.05, 0) is 25.8 Å². The first-order chi connectivity index (χ1) is 10.2. The highest BCUT2D eigenvalue weighted by Crippen LogP contribution is 2.15. The Morgan fingerprint density at radius 3 is 2.95 bits per heavy atom. The first kappa shape index (κ1) is 13.5. The molecular weight excluding hydrogens is 270 g/mol. The van der Waals surface area contributed by atoms with Gasteiger partial charge < -0.3 is 14.7 Å². The molecule has 1 fully saturated rings. The molecule has 1 N–H and O–H groups in total. The molecule has 1 aliphatic rings. The minimum Gasteiger partial charge on any atom is -0.351 e. The summed E-state index contributed by atoms with van der Waals surface area (Å²) in [6.45, 7) is 3.38. The van der Waals surface area contributed by atoms with Crippen LogP contribution in [0.4, 0.5) is 5.95 Å². The Morgan fingerprint density at radius 2 is 2.24 bits per heavy atom. The van der Waals surface area contributed by atoms with E-state index in [-0.39, 0.29) is 17.7 Å². The lowest BCUT2D eigenvalue weighted by atomic mass is 10.1. The summed E-state index contributed by atoms with van der Waals surface area (Å²) >= 11 is 0. The molecule has 3 rings (SSSR count). The third kappa shape index (κ3) is 3.18. The summed E-state index contributed by atoms with van der Waals surface area (Å²) in [7, 11) is 0. The van der Waals surface area contributed by atoms with Gasteiger partial charge in [-0.15, -0.1) is 0 Å². The van der Waals surface area contributed by atoms with E-state index in [2.05, 4.69) is 25.3 Å². The third-order valence-corrected chi connectivity index (χ3v) is 3.44. The molecule has 7 nitrogen and oxygen atoms in total. The fourth-order valence-electron chi connectivity index (χ4n) is 2.46. The van der Waals surface area contributed by atoms with Gasteiger partial charge in [-0.2, -0.15) is 0 Å². The van der Waals surface area contributed by atoms with Crippen LogP contribution in [-0.4, -0.2) is 40.2 Å². The largest absolute Gasteiger partial charge is 0.351 e. The van der Waals surface area contributed by atoms with E-state index in [1.54, 1.807) is 31.5 Å². The molecule has 2 aromatic heterocycles. The van der Waals surface area contributed by atoms with Crippen molar-refractivity contribution in [3.63, 3.8) is 0 Å². The first-order valence-corrected chi connectivity index (χ1v) is 6.98. The maximum Gasteiger partial charge on any atom is 0.290 e. The predicted octanol–water partition coefficient (Wildman–Crippen LogP) is 1.17. The van der Waals surface area contributed by atoms with Gasteiger partial charge in [0.1, 0.15) is 0 Å². The van der Waals surface area contributed by atoms with Gasteiger partial charge in [-0.1, -0.05) is 5.16 Å². The van der Waals surface area contributed by atoms with E-state index in [0.29, 0.717) is 18.2 Å². The van der Waals surface area contributed by atoms with Crippen LogP contribution in [0.1, 0.15) is 29.1 Å². The van der Waals surface area contributed by atoms with E-state index in [0.717, 1.165) is 19.4 Å². The van der Waals surface area contributed by atoms with Gasteiger partial charge in [-0.3, -0.25) is 4.79 Å². The summed E-state index contributed by atoms with van der Waals surface area (Å²) in [6.07, 6.45) is 5.37. The van der Waals surface area contributed by atoms with Crippen molar-refractivity contribution in [1.82, 2.24) is 20.4 Å². The van der Waals surface area contributed by atoms with Crippen LogP contribution >= 0.6 is 0 Å². The van der Waals surface area contributed by atoms with Crippen LogP contribution in [0.15, 0.2) is 29.0 Å². The van der Waals surface area contributed by atoms with E-state index in [1.807, 2.05) is 0 Å². The third-order valence-electron chi connectivity index (χ3n) is 3.44. The van der Waals surface area contributed by atoms with Crippen LogP contribution < -0.4 is 10.2 Å². The molecule has 1 aliphatic heterocycles. The van der Waals surface area contributed by atoms with Crippen molar-refractivity contribution in [2.45, 2.75) is 25.8 Å². The van der Waals surface area contributed by atoms with Gasteiger partial charge in [0.2, 0.25) is 11.7 Å². The molecule has 1 atom stereocenters. The second-order valence-corrected chi connectivity index (χ2v) is 5.14. The summed E-state index contributed by atoms with van der Waals surface area (Å²) in [5, 5.41) is 6.71. The number of carbonyl (C=O) groups is 1. The molecule has 2 aromatic rings. The molecule has 7 heteroatoms. The molecule has 0 bridgehead atoms. The SMILES string of the molecule is Cc1cc(C(=O)NC2CCCN(c3ncccn3)C2)on1. The standard InChI is InChI=1S/C14H17N5O2/c1-10-8-12(21-18-10)13(20)17-11-4-2-7-19(9-11)14-15-5-3-6-16-14/h3,5-6,8,11H,2,4,7,9H2,1H3,(H,17,20). The summed E-state index contributed by atoms with van der Waals surface area (Å²) in [6, 6.07) is 3.48. The fraction of sp³-hybridized carbons (Fsp3) is 0.429. The molecule has 0 spiro atoms. The molecule has 21 heavy (non-hydrogen) atoms. The molecule has 110 valence electrons. The summed E-state index contributed by atoms with van der Waals surface area (Å²) in [5.74, 6) is 0.726. The van der Waals surface area contributed by atoms with Gasteiger partial charge in [0.25, 0.3) is 5.91 Å². The molecular formula is C14H17N5O2. The van der Waals surface area contributed by atoms with Crippen LogP contribution in [0, 0.1) is 6.92 Å². The van der Waals surface area contributed by atoms with Gasteiger partial charge in [0.05, 0.1) is 5.69 Å². The highest BCUT2D eigenvalue weighted by Gasteiger charge is 2.24. The van der Waals surface area contributed by atoms with E-state index in [4.69, 9.17) is 4.52 Å². The number of anilines is 1. The van der Waals surface area contributed by atoms with Crippen molar-refractivity contribution in [1.29, 1.82) is 0 Å². The number of hydrogen-bond acceptors (Lipinski definition) is 6. The van der Waals surface area contributed by atoms with Crippen molar-refractivity contribution in [3.05, 3.63) is 36.0 Å². The number of amides is 1. The van der Waals surface area contributed by atoms with E-state index in [9.17, 15) is 4.79 Å². The fourth-order valence-corrected chi connectivity index (χ4v) is 2.46. The number of aromatic nitrogens is 3. The minimum atomic E-state index is -0.226. The van der Waals surface area contributed by atoms with Gasteiger partial charge in [0, 0.05) is 37.6 Å². The van der Waals surface area contributed by atoms with Crippen molar-refractivity contribution >= 4 is 11.9 Å². The number of hydrogen-bond donors (Lipinski definition) is 1.